The van der Waals surface area contributed by atoms with E-state index in [1.54, 1.807) is 6.92 Å². The molecule has 74 valence electrons. The number of likely N-dealkylation sites (tertiary alicyclic amines) is 1. The molecule has 2 amide bonds. The molecule has 0 aromatic rings. The summed E-state index contributed by atoms with van der Waals surface area (Å²) in [7, 11) is 0. The molecule has 4 heteroatoms. The fraction of sp³-hybridized carbons (Fsp3) is 0.778. The molecular formula is C9H16N2O2. The number of likely N-dealkylation sites (N-methyl/N-ethyl adjacent to an activating group) is 1. The van der Waals surface area contributed by atoms with Crippen LogP contribution in [-0.4, -0.2) is 36.3 Å². The zero-order valence-corrected chi connectivity index (χ0v) is 8.17. The van der Waals surface area contributed by atoms with Crippen LogP contribution in [-0.2, 0) is 9.59 Å². The van der Waals surface area contributed by atoms with Crippen LogP contribution in [0.5, 0.6) is 0 Å². The number of amides is 2. The van der Waals surface area contributed by atoms with Crippen molar-refractivity contribution in [2.24, 2.45) is 5.92 Å². The van der Waals surface area contributed by atoms with Crippen LogP contribution in [0.25, 0.3) is 0 Å². The third-order valence-electron chi connectivity index (χ3n) is 2.23. The van der Waals surface area contributed by atoms with Crippen LogP contribution >= 0.6 is 0 Å². The summed E-state index contributed by atoms with van der Waals surface area (Å²) >= 11 is 0. The van der Waals surface area contributed by atoms with Gasteiger partial charge in [-0.2, -0.15) is 0 Å². The Hall–Kier alpha value is -0.900. The third-order valence-corrected chi connectivity index (χ3v) is 2.23. The maximum atomic E-state index is 11.4. The first kappa shape index (κ1) is 10.2. The molecule has 0 aromatic heterocycles. The molecule has 1 aliphatic rings. The highest BCUT2D eigenvalue weighted by Crippen LogP contribution is 2.17. The van der Waals surface area contributed by atoms with E-state index in [0.29, 0.717) is 19.5 Å². The van der Waals surface area contributed by atoms with Crippen molar-refractivity contribution in [3.63, 3.8) is 0 Å². The van der Waals surface area contributed by atoms with Crippen molar-refractivity contribution in [3.8, 4) is 0 Å². The monoisotopic (exact) mass is 184 g/mol. The Balaban J connectivity index is 2.40. The van der Waals surface area contributed by atoms with Gasteiger partial charge in [-0.3, -0.25) is 14.5 Å². The average molecular weight is 184 g/mol. The summed E-state index contributed by atoms with van der Waals surface area (Å²) in [5.74, 6) is -0.174. The van der Waals surface area contributed by atoms with Crippen molar-refractivity contribution in [1.29, 1.82) is 0 Å². The molecule has 1 unspecified atom stereocenters. The number of carbonyl (C=O) groups is 2. The maximum absolute atomic E-state index is 11.4. The minimum atomic E-state index is -0.117. The van der Waals surface area contributed by atoms with Gasteiger partial charge in [-0.15, -0.1) is 0 Å². The van der Waals surface area contributed by atoms with Crippen molar-refractivity contribution in [3.05, 3.63) is 0 Å². The molecule has 0 spiro atoms. The molecule has 4 nitrogen and oxygen atoms in total. The lowest BCUT2D eigenvalue weighted by atomic mass is 10.1. The molecule has 0 radical (unpaired) electrons. The highest BCUT2D eigenvalue weighted by molar-refractivity contribution is 6.03. The number of nitrogens with zero attached hydrogens (tertiary/aromatic N) is 1. The lowest BCUT2D eigenvalue weighted by molar-refractivity contribution is -0.139. The van der Waals surface area contributed by atoms with Crippen LogP contribution in [0.1, 0.15) is 20.3 Å². The summed E-state index contributed by atoms with van der Waals surface area (Å²) in [5.41, 5.74) is 0. The second-order valence-corrected chi connectivity index (χ2v) is 3.34. The Bertz CT molecular complexity index is 216. The molecule has 0 aromatic carbocycles. The van der Waals surface area contributed by atoms with Crippen molar-refractivity contribution in [1.82, 2.24) is 10.2 Å². The summed E-state index contributed by atoms with van der Waals surface area (Å²) in [5, 5.41) is 3.08. The van der Waals surface area contributed by atoms with Gasteiger partial charge in [0.15, 0.2) is 0 Å². The van der Waals surface area contributed by atoms with E-state index in [1.165, 1.54) is 4.90 Å². The summed E-state index contributed by atoms with van der Waals surface area (Å²) in [4.78, 5) is 24.0. The highest BCUT2D eigenvalue weighted by Gasteiger charge is 2.34. The predicted molar refractivity (Wildman–Crippen MR) is 49.0 cm³/mol. The Kier molecular flexibility index (Phi) is 3.42. The lowest BCUT2D eigenvalue weighted by Gasteiger charge is -2.13. The fourth-order valence-corrected chi connectivity index (χ4v) is 1.45. The van der Waals surface area contributed by atoms with Crippen molar-refractivity contribution in [2.75, 3.05) is 19.6 Å². The van der Waals surface area contributed by atoms with Gasteiger partial charge >= 0.3 is 0 Å². The summed E-state index contributed by atoms with van der Waals surface area (Å²) in [6.07, 6.45) is 0.380. The first-order chi connectivity index (χ1) is 6.16. The molecule has 1 aliphatic heterocycles. The van der Waals surface area contributed by atoms with E-state index in [2.05, 4.69) is 5.32 Å². The predicted octanol–water partition coefficient (Wildman–Crippen LogP) is -0.00910. The van der Waals surface area contributed by atoms with Crippen LogP contribution in [0, 0.1) is 5.92 Å². The number of carbonyl (C=O) groups excluding carboxylic acids is 2. The van der Waals surface area contributed by atoms with Gasteiger partial charge in [-0.05, 0) is 6.54 Å². The third kappa shape index (κ3) is 2.28. The Labute approximate surface area is 78.3 Å². The van der Waals surface area contributed by atoms with Gasteiger partial charge in [-0.1, -0.05) is 13.8 Å². The smallest absolute Gasteiger partial charge is 0.232 e. The number of hydrogen-bond donors (Lipinski definition) is 1. The molecule has 13 heavy (non-hydrogen) atoms. The van der Waals surface area contributed by atoms with Crippen LogP contribution in [0.3, 0.4) is 0 Å². The standard InChI is InChI=1S/C9H16N2O2/c1-3-10-4-5-11-8(12)6-7(2)9(11)13/h7,10H,3-6H2,1-2H3. The first-order valence-corrected chi connectivity index (χ1v) is 4.71. The number of rotatable bonds is 4. The zero-order valence-electron chi connectivity index (χ0n) is 8.17. The van der Waals surface area contributed by atoms with E-state index < -0.39 is 0 Å². The van der Waals surface area contributed by atoms with Gasteiger partial charge in [0.05, 0.1) is 0 Å². The van der Waals surface area contributed by atoms with Crippen molar-refractivity contribution >= 4 is 11.8 Å². The summed E-state index contributed by atoms with van der Waals surface area (Å²) < 4.78 is 0. The second-order valence-electron chi connectivity index (χ2n) is 3.34. The molecule has 1 fully saturated rings. The van der Waals surface area contributed by atoms with E-state index in [-0.39, 0.29) is 17.7 Å². The van der Waals surface area contributed by atoms with E-state index in [0.717, 1.165) is 6.54 Å². The number of hydrogen-bond acceptors (Lipinski definition) is 3. The largest absolute Gasteiger partial charge is 0.315 e. The second kappa shape index (κ2) is 4.37. The van der Waals surface area contributed by atoms with E-state index >= 15 is 0 Å². The van der Waals surface area contributed by atoms with Gasteiger partial charge in [-0.25, -0.2) is 0 Å². The minimum absolute atomic E-state index is 0.0251. The Morgan fingerprint density at radius 3 is 2.69 bits per heavy atom. The number of nitrogens with one attached hydrogen (secondary N) is 1. The Morgan fingerprint density at radius 1 is 1.54 bits per heavy atom. The van der Waals surface area contributed by atoms with Crippen LogP contribution in [0.15, 0.2) is 0 Å². The number of imide groups is 1. The van der Waals surface area contributed by atoms with Gasteiger partial charge in [0.2, 0.25) is 11.8 Å². The zero-order chi connectivity index (χ0) is 9.84. The summed E-state index contributed by atoms with van der Waals surface area (Å²) in [6.45, 7) is 5.87. The van der Waals surface area contributed by atoms with E-state index in [9.17, 15) is 9.59 Å². The van der Waals surface area contributed by atoms with E-state index in [1.807, 2.05) is 6.92 Å². The molecule has 1 saturated heterocycles. The van der Waals surface area contributed by atoms with Gasteiger partial charge in [0.25, 0.3) is 0 Å². The highest BCUT2D eigenvalue weighted by atomic mass is 16.2. The van der Waals surface area contributed by atoms with Crippen molar-refractivity contribution < 1.29 is 9.59 Å². The molecule has 1 N–H and O–H groups in total. The SMILES string of the molecule is CCNCCN1C(=O)CC(C)C1=O. The van der Waals surface area contributed by atoms with E-state index in [4.69, 9.17) is 0 Å². The molecular weight excluding hydrogens is 168 g/mol. The molecule has 0 aliphatic carbocycles. The van der Waals surface area contributed by atoms with Crippen LogP contribution < -0.4 is 5.32 Å². The Morgan fingerprint density at radius 2 is 2.23 bits per heavy atom. The molecule has 0 bridgehead atoms. The van der Waals surface area contributed by atoms with Crippen LogP contribution in [0.2, 0.25) is 0 Å². The maximum Gasteiger partial charge on any atom is 0.232 e. The van der Waals surface area contributed by atoms with Gasteiger partial charge in [0, 0.05) is 25.4 Å². The fourth-order valence-electron chi connectivity index (χ4n) is 1.45. The lowest BCUT2D eigenvalue weighted by Crippen LogP contribution is -2.36. The molecule has 1 heterocycles. The van der Waals surface area contributed by atoms with Gasteiger partial charge < -0.3 is 5.32 Å². The molecule has 0 saturated carbocycles. The first-order valence-electron chi connectivity index (χ1n) is 4.71. The molecule has 1 rings (SSSR count). The normalized spacial score (nSPS) is 22.9. The minimum Gasteiger partial charge on any atom is -0.315 e. The topological polar surface area (TPSA) is 49.4 Å². The average Bonchev–Trinajstić information content (AvgIpc) is 2.32. The molecule has 1 atom stereocenters. The summed E-state index contributed by atoms with van der Waals surface area (Å²) in [6, 6.07) is 0. The van der Waals surface area contributed by atoms with Gasteiger partial charge in [0.1, 0.15) is 0 Å². The van der Waals surface area contributed by atoms with Crippen molar-refractivity contribution in [2.45, 2.75) is 20.3 Å². The quantitative estimate of drug-likeness (QED) is 0.494. The van der Waals surface area contributed by atoms with Crippen LogP contribution in [0.4, 0.5) is 0 Å².